The minimum Gasteiger partial charge on any atom is -0.376 e. The molecule has 3 heteroatoms. The van der Waals surface area contributed by atoms with Crippen LogP contribution < -0.4 is 5.32 Å². The van der Waals surface area contributed by atoms with Crippen LogP contribution in [0.25, 0.3) is 0 Å². The van der Waals surface area contributed by atoms with E-state index in [-0.39, 0.29) is 0 Å². The molecule has 0 aromatic carbocycles. The second kappa shape index (κ2) is 8.35. The third kappa shape index (κ3) is 4.44. The van der Waals surface area contributed by atoms with Crippen molar-refractivity contribution in [1.29, 1.82) is 0 Å². The van der Waals surface area contributed by atoms with Gasteiger partial charge < -0.3 is 10.1 Å². The van der Waals surface area contributed by atoms with Crippen molar-refractivity contribution in [3.63, 3.8) is 0 Å². The second-order valence-corrected chi connectivity index (χ2v) is 6.78. The Balaban J connectivity index is 1.86. The van der Waals surface area contributed by atoms with Gasteiger partial charge in [0.25, 0.3) is 0 Å². The van der Waals surface area contributed by atoms with Gasteiger partial charge in [-0.25, -0.2) is 0 Å². The average Bonchev–Trinajstić information content (AvgIpc) is 2.48. The molecule has 0 aromatic rings. The van der Waals surface area contributed by atoms with Gasteiger partial charge in [0.05, 0.1) is 12.7 Å². The third-order valence-corrected chi connectivity index (χ3v) is 5.33. The number of hydrogen-bond acceptors (Lipinski definition) is 3. The van der Waals surface area contributed by atoms with Crippen molar-refractivity contribution in [1.82, 2.24) is 10.2 Å². The van der Waals surface area contributed by atoms with Gasteiger partial charge in [-0.1, -0.05) is 26.7 Å². The summed E-state index contributed by atoms with van der Waals surface area (Å²) >= 11 is 0. The molecule has 1 aliphatic carbocycles. The molecule has 2 fully saturated rings. The highest BCUT2D eigenvalue weighted by molar-refractivity contribution is 4.87. The lowest BCUT2D eigenvalue weighted by Crippen LogP contribution is -2.49. The molecule has 1 saturated carbocycles. The molecule has 0 aromatic heterocycles. The molecule has 0 bridgehead atoms. The van der Waals surface area contributed by atoms with Crippen molar-refractivity contribution >= 4 is 0 Å². The Morgan fingerprint density at radius 1 is 1.25 bits per heavy atom. The normalized spacial score (nSPS) is 36.1. The van der Waals surface area contributed by atoms with Gasteiger partial charge in [0, 0.05) is 25.7 Å². The highest BCUT2D eigenvalue weighted by Gasteiger charge is 2.31. The smallest absolute Gasteiger partial charge is 0.0700 e. The van der Waals surface area contributed by atoms with E-state index in [0.717, 1.165) is 44.0 Å². The molecule has 0 spiro atoms. The summed E-state index contributed by atoms with van der Waals surface area (Å²) in [5.74, 6) is 1.80. The number of morpholine rings is 1. The number of ether oxygens (including phenoxy) is 1. The van der Waals surface area contributed by atoms with Crippen LogP contribution in [-0.2, 0) is 4.74 Å². The summed E-state index contributed by atoms with van der Waals surface area (Å²) < 4.78 is 5.80. The van der Waals surface area contributed by atoms with E-state index >= 15 is 0 Å². The van der Waals surface area contributed by atoms with E-state index in [2.05, 4.69) is 31.1 Å². The Morgan fingerprint density at radius 2 is 2.10 bits per heavy atom. The minimum absolute atomic E-state index is 0.465. The third-order valence-electron chi connectivity index (χ3n) is 5.33. The van der Waals surface area contributed by atoms with Crippen molar-refractivity contribution in [3.8, 4) is 0 Å². The number of hydrogen-bond donors (Lipinski definition) is 1. The number of rotatable bonds is 6. The van der Waals surface area contributed by atoms with E-state index < -0.39 is 0 Å². The zero-order valence-corrected chi connectivity index (χ0v) is 13.7. The molecule has 2 aliphatic rings. The highest BCUT2D eigenvalue weighted by Crippen LogP contribution is 2.33. The van der Waals surface area contributed by atoms with Gasteiger partial charge in [-0.05, 0) is 44.6 Å². The number of nitrogens with one attached hydrogen (secondary N) is 1. The van der Waals surface area contributed by atoms with E-state index in [4.69, 9.17) is 4.74 Å². The fraction of sp³-hybridized carbons (Fsp3) is 1.00. The predicted octanol–water partition coefficient (Wildman–Crippen LogP) is 2.90. The van der Waals surface area contributed by atoms with Crippen LogP contribution in [0.1, 0.15) is 52.4 Å². The second-order valence-electron chi connectivity index (χ2n) is 6.78. The van der Waals surface area contributed by atoms with Crippen LogP contribution in [-0.4, -0.2) is 50.3 Å². The highest BCUT2D eigenvalue weighted by atomic mass is 16.5. The van der Waals surface area contributed by atoms with Gasteiger partial charge in [0.15, 0.2) is 0 Å². The predicted molar refractivity (Wildman–Crippen MR) is 85.1 cm³/mol. The SMILES string of the molecule is CCCC1CCC(NC)C(CN2CCOC(CC)C2)C1. The molecular weight excluding hydrogens is 248 g/mol. The fourth-order valence-electron chi connectivity index (χ4n) is 4.14. The Kier molecular flexibility index (Phi) is 6.79. The number of nitrogens with zero attached hydrogens (tertiary/aromatic N) is 1. The first-order valence-electron chi connectivity index (χ1n) is 8.78. The maximum Gasteiger partial charge on any atom is 0.0700 e. The molecule has 20 heavy (non-hydrogen) atoms. The standard InChI is InChI=1S/C17H34N2O/c1-4-6-14-7-8-17(18-3)15(11-14)12-19-9-10-20-16(5-2)13-19/h14-18H,4-13H2,1-3H3. The Morgan fingerprint density at radius 3 is 2.80 bits per heavy atom. The molecule has 2 rings (SSSR count). The zero-order chi connectivity index (χ0) is 14.4. The summed E-state index contributed by atoms with van der Waals surface area (Å²) in [4.78, 5) is 2.65. The maximum absolute atomic E-state index is 5.80. The molecule has 0 radical (unpaired) electrons. The van der Waals surface area contributed by atoms with E-state index in [0.29, 0.717) is 6.10 Å². The minimum atomic E-state index is 0.465. The largest absolute Gasteiger partial charge is 0.376 e. The van der Waals surface area contributed by atoms with Crippen LogP contribution in [0.4, 0.5) is 0 Å². The molecule has 3 nitrogen and oxygen atoms in total. The molecule has 4 atom stereocenters. The lowest BCUT2D eigenvalue weighted by molar-refractivity contribution is -0.0383. The van der Waals surface area contributed by atoms with Crippen LogP contribution in [0, 0.1) is 11.8 Å². The molecular formula is C17H34N2O. The van der Waals surface area contributed by atoms with Gasteiger partial charge in [0.2, 0.25) is 0 Å². The van der Waals surface area contributed by atoms with Crippen molar-refractivity contribution in [2.45, 2.75) is 64.5 Å². The van der Waals surface area contributed by atoms with Crippen LogP contribution in [0.2, 0.25) is 0 Å². The summed E-state index contributed by atoms with van der Waals surface area (Å²) in [5, 5.41) is 3.57. The van der Waals surface area contributed by atoms with E-state index in [9.17, 15) is 0 Å². The van der Waals surface area contributed by atoms with Crippen molar-refractivity contribution in [3.05, 3.63) is 0 Å². The summed E-state index contributed by atoms with van der Waals surface area (Å²) in [6.07, 6.45) is 8.60. The van der Waals surface area contributed by atoms with Gasteiger partial charge >= 0.3 is 0 Å². The van der Waals surface area contributed by atoms with Crippen LogP contribution in [0.15, 0.2) is 0 Å². The molecule has 1 aliphatic heterocycles. The molecule has 0 amide bonds. The van der Waals surface area contributed by atoms with E-state index in [1.807, 2.05) is 0 Å². The van der Waals surface area contributed by atoms with Gasteiger partial charge in [0.1, 0.15) is 0 Å². The first kappa shape index (κ1) is 16.3. The first-order valence-corrected chi connectivity index (χ1v) is 8.78. The van der Waals surface area contributed by atoms with Gasteiger partial charge in [-0.3, -0.25) is 4.90 Å². The van der Waals surface area contributed by atoms with Crippen molar-refractivity contribution < 1.29 is 4.74 Å². The van der Waals surface area contributed by atoms with Gasteiger partial charge in [-0.2, -0.15) is 0 Å². The van der Waals surface area contributed by atoms with Crippen molar-refractivity contribution in [2.24, 2.45) is 11.8 Å². The van der Waals surface area contributed by atoms with E-state index in [1.54, 1.807) is 0 Å². The molecule has 1 heterocycles. The molecule has 118 valence electrons. The van der Waals surface area contributed by atoms with Gasteiger partial charge in [-0.15, -0.1) is 0 Å². The zero-order valence-electron chi connectivity index (χ0n) is 13.7. The molecule has 1 N–H and O–H groups in total. The summed E-state index contributed by atoms with van der Waals surface area (Å²) in [7, 11) is 2.14. The van der Waals surface area contributed by atoms with Crippen LogP contribution in [0.5, 0.6) is 0 Å². The monoisotopic (exact) mass is 282 g/mol. The van der Waals surface area contributed by atoms with Crippen LogP contribution in [0.3, 0.4) is 0 Å². The van der Waals surface area contributed by atoms with E-state index in [1.165, 1.54) is 38.6 Å². The lowest BCUT2D eigenvalue weighted by Gasteiger charge is -2.41. The Labute approximate surface area is 125 Å². The maximum atomic E-state index is 5.80. The lowest BCUT2D eigenvalue weighted by atomic mass is 9.76. The summed E-state index contributed by atoms with van der Waals surface area (Å²) in [6.45, 7) is 9.03. The average molecular weight is 282 g/mol. The molecule has 1 saturated heterocycles. The quantitative estimate of drug-likeness (QED) is 0.811. The first-order chi connectivity index (χ1) is 9.76. The van der Waals surface area contributed by atoms with Crippen molar-refractivity contribution in [2.75, 3.05) is 33.3 Å². The topological polar surface area (TPSA) is 24.5 Å². The fourth-order valence-corrected chi connectivity index (χ4v) is 4.14. The summed E-state index contributed by atoms with van der Waals surface area (Å²) in [5.41, 5.74) is 0. The molecule has 4 unspecified atom stereocenters. The Bertz CT molecular complexity index is 272. The Hall–Kier alpha value is -0.120. The summed E-state index contributed by atoms with van der Waals surface area (Å²) in [6, 6.07) is 0.728. The van der Waals surface area contributed by atoms with Crippen LogP contribution >= 0.6 is 0 Å².